The van der Waals surface area contributed by atoms with Gasteiger partial charge in [-0.1, -0.05) is 67.5 Å². The van der Waals surface area contributed by atoms with Crippen molar-refractivity contribution in [1.29, 1.82) is 0 Å². The number of aromatic hydroxyl groups is 1. The van der Waals surface area contributed by atoms with E-state index >= 15 is 0 Å². The van der Waals surface area contributed by atoms with Crippen LogP contribution >= 0.6 is 0 Å². The van der Waals surface area contributed by atoms with Gasteiger partial charge in [0.15, 0.2) is 0 Å². The number of carbonyl (C=O) groups is 1. The van der Waals surface area contributed by atoms with E-state index in [-0.39, 0.29) is 22.5 Å². The Labute approximate surface area is 169 Å². The second-order valence-corrected chi connectivity index (χ2v) is 9.68. The first-order chi connectivity index (χ1) is 12.8. The highest BCUT2D eigenvalue weighted by molar-refractivity contribution is 5.91. The van der Waals surface area contributed by atoms with Gasteiger partial charge in [-0.25, -0.2) is 4.79 Å². The van der Waals surface area contributed by atoms with Gasteiger partial charge in [0.05, 0.1) is 5.56 Å². The summed E-state index contributed by atoms with van der Waals surface area (Å²) in [5, 5.41) is 10.1. The van der Waals surface area contributed by atoms with Gasteiger partial charge in [-0.15, -0.1) is 0 Å². The van der Waals surface area contributed by atoms with Crippen LogP contribution in [0.4, 0.5) is 0 Å². The lowest BCUT2D eigenvalue weighted by molar-refractivity contribution is 0.0731. The molecule has 0 saturated heterocycles. The van der Waals surface area contributed by atoms with Crippen molar-refractivity contribution in [3.63, 3.8) is 0 Å². The van der Waals surface area contributed by atoms with Crippen LogP contribution in [0.3, 0.4) is 0 Å². The summed E-state index contributed by atoms with van der Waals surface area (Å²) in [5.41, 5.74) is 3.30. The first kappa shape index (κ1) is 22.0. The third-order valence-electron chi connectivity index (χ3n) is 5.26. The van der Waals surface area contributed by atoms with Crippen molar-refractivity contribution in [2.75, 3.05) is 0 Å². The third kappa shape index (κ3) is 4.95. The molecule has 2 aromatic rings. The standard InChI is InChI=1S/C25H34O3/c1-9-16(2)19-14-17(10-12-21(19)26)23(27)28-22-13-11-18(24(3,4)5)15-20(22)25(6,7)8/h10-16,26H,9H2,1-8H3. The van der Waals surface area contributed by atoms with Gasteiger partial charge < -0.3 is 9.84 Å². The average molecular weight is 383 g/mol. The first-order valence-electron chi connectivity index (χ1n) is 10.0. The van der Waals surface area contributed by atoms with Crippen LogP contribution in [0.5, 0.6) is 11.5 Å². The molecule has 1 N–H and O–H groups in total. The SMILES string of the molecule is CCC(C)c1cc(C(=O)Oc2ccc(C(C)(C)C)cc2C(C)(C)C)ccc1O. The van der Waals surface area contributed by atoms with Crippen LogP contribution in [0.15, 0.2) is 36.4 Å². The van der Waals surface area contributed by atoms with Crippen LogP contribution in [0, 0.1) is 0 Å². The molecule has 0 amide bonds. The van der Waals surface area contributed by atoms with E-state index < -0.39 is 5.97 Å². The minimum Gasteiger partial charge on any atom is -0.508 e. The Morgan fingerprint density at radius 1 is 1.00 bits per heavy atom. The number of rotatable bonds is 4. The van der Waals surface area contributed by atoms with Crippen molar-refractivity contribution in [1.82, 2.24) is 0 Å². The third-order valence-corrected chi connectivity index (χ3v) is 5.26. The molecular formula is C25H34O3. The van der Waals surface area contributed by atoms with Gasteiger partial charge in [0.25, 0.3) is 0 Å². The molecule has 3 heteroatoms. The quantitative estimate of drug-likeness (QED) is 0.471. The van der Waals surface area contributed by atoms with Gasteiger partial charge in [-0.2, -0.15) is 0 Å². The summed E-state index contributed by atoms with van der Waals surface area (Å²) in [7, 11) is 0. The van der Waals surface area contributed by atoms with E-state index in [2.05, 4.69) is 54.5 Å². The first-order valence-corrected chi connectivity index (χ1v) is 10.0. The molecule has 1 unspecified atom stereocenters. The molecule has 0 aliphatic heterocycles. The molecular weight excluding hydrogens is 348 g/mol. The summed E-state index contributed by atoms with van der Waals surface area (Å²) < 4.78 is 5.81. The average Bonchev–Trinajstić information content (AvgIpc) is 2.59. The number of phenolic OH excluding ortho intramolecular Hbond substituents is 1. The maximum atomic E-state index is 12.8. The highest BCUT2D eigenvalue weighted by Crippen LogP contribution is 2.36. The molecule has 0 aliphatic carbocycles. The van der Waals surface area contributed by atoms with Crippen molar-refractivity contribution in [2.24, 2.45) is 0 Å². The molecule has 28 heavy (non-hydrogen) atoms. The fourth-order valence-corrected chi connectivity index (χ4v) is 3.13. The van der Waals surface area contributed by atoms with Crippen LogP contribution in [0.2, 0.25) is 0 Å². The highest BCUT2D eigenvalue weighted by atomic mass is 16.5. The smallest absolute Gasteiger partial charge is 0.343 e. The van der Waals surface area contributed by atoms with Crippen LogP contribution in [0.1, 0.15) is 94.8 Å². The maximum Gasteiger partial charge on any atom is 0.343 e. The van der Waals surface area contributed by atoms with E-state index in [1.165, 1.54) is 5.56 Å². The van der Waals surface area contributed by atoms with Crippen LogP contribution < -0.4 is 4.74 Å². The largest absolute Gasteiger partial charge is 0.508 e. The Hall–Kier alpha value is -2.29. The molecule has 0 heterocycles. The Balaban J connectivity index is 2.41. The zero-order chi connectivity index (χ0) is 21.3. The predicted octanol–water partition coefficient (Wildman–Crippen LogP) is 6.72. The van der Waals surface area contributed by atoms with Gasteiger partial charge in [-0.05, 0) is 58.6 Å². The van der Waals surface area contributed by atoms with Gasteiger partial charge in [-0.3, -0.25) is 0 Å². The van der Waals surface area contributed by atoms with E-state index in [1.807, 2.05) is 19.1 Å². The second kappa shape index (κ2) is 7.98. The molecule has 0 aromatic heterocycles. The van der Waals surface area contributed by atoms with E-state index in [0.717, 1.165) is 17.5 Å². The number of benzene rings is 2. The minimum atomic E-state index is -0.404. The fourth-order valence-electron chi connectivity index (χ4n) is 3.13. The summed E-state index contributed by atoms with van der Waals surface area (Å²) in [6.07, 6.45) is 0.883. The van der Waals surface area contributed by atoms with Crippen molar-refractivity contribution in [2.45, 2.75) is 78.6 Å². The van der Waals surface area contributed by atoms with Crippen LogP contribution in [-0.2, 0) is 10.8 Å². The molecule has 0 saturated carbocycles. The lowest BCUT2D eigenvalue weighted by Crippen LogP contribution is -2.19. The van der Waals surface area contributed by atoms with Gasteiger partial charge in [0, 0.05) is 5.56 Å². The van der Waals surface area contributed by atoms with E-state index in [1.54, 1.807) is 18.2 Å². The second-order valence-electron chi connectivity index (χ2n) is 9.68. The summed E-state index contributed by atoms with van der Waals surface area (Å²) in [4.78, 5) is 12.8. The zero-order valence-electron chi connectivity index (χ0n) is 18.5. The van der Waals surface area contributed by atoms with E-state index in [9.17, 15) is 9.90 Å². The van der Waals surface area contributed by atoms with Gasteiger partial charge in [0.1, 0.15) is 11.5 Å². The molecule has 0 spiro atoms. The van der Waals surface area contributed by atoms with Gasteiger partial charge >= 0.3 is 5.97 Å². The van der Waals surface area contributed by atoms with Crippen LogP contribution in [0.25, 0.3) is 0 Å². The Kier molecular flexibility index (Phi) is 6.27. The normalized spacial score (nSPS) is 13.3. The zero-order valence-corrected chi connectivity index (χ0v) is 18.5. The summed E-state index contributed by atoms with van der Waals surface area (Å²) >= 11 is 0. The Morgan fingerprint density at radius 2 is 1.64 bits per heavy atom. The van der Waals surface area contributed by atoms with Gasteiger partial charge in [0.2, 0.25) is 0 Å². The molecule has 3 nitrogen and oxygen atoms in total. The minimum absolute atomic E-state index is 0.0185. The predicted molar refractivity (Wildman–Crippen MR) is 116 cm³/mol. The molecule has 1 atom stereocenters. The lowest BCUT2D eigenvalue weighted by atomic mass is 9.80. The summed E-state index contributed by atoms with van der Waals surface area (Å²) in [5.74, 6) is 0.571. The van der Waals surface area contributed by atoms with Crippen molar-refractivity contribution >= 4 is 5.97 Å². The number of hydrogen-bond acceptors (Lipinski definition) is 3. The monoisotopic (exact) mass is 382 g/mol. The lowest BCUT2D eigenvalue weighted by Gasteiger charge is -2.27. The molecule has 0 radical (unpaired) electrons. The van der Waals surface area contributed by atoms with Crippen molar-refractivity contribution in [3.8, 4) is 11.5 Å². The summed E-state index contributed by atoms with van der Waals surface area (Å²) in [6.45, 7) is 17.0. The number of phenols is 1. The number of ether oxygens (including phenoxy) is 1. The Morgan fingerprint density at radius 3 is 2.18 bits per heavy atom. The number of hydrogen-bond donors (Lipinski definition) is 1. The molecule has 2 rings (SSSR count). The van der Waals surface area contributed by atoms with Crippen LogP contribution in [-0.4, -0.2) is 11.1 Å². The molecule has 0 aliphatic rings. The van der Waals surface area contributed by atoms with E-state index in [0.29, 0.717) is 11.3 Å². The highest BCUT2D eigenvalue weighted by Gasteiger charge is 2.25. The number of esters is 1. The fraction of sp³-hybridized carbons (Fsp3) is 0.480. The van der Waals surface area contributed by atoms with Crippen molar-refractivity contribution in [3.05, 3.63) is 58.7 Å². The summed E-state index contributed by atoms with van der Waals surface area (Å²) in [6, 6.07) is 11.0. The molecule has 0 bridgehead atoms. The number of carbonyl (C=O) groups excluding carboxylic acids is 1. The molecule has 2 aromatic carbocycles. The maximum absolute atomic E-state index is 12.8. The molecule has 152 valence electrons. The van der Waals surface area contributed by atoms with Crippen molar-refractivity contribution < 1.29 is 14.6 Å². The molecule has 0 fully saturated rings. The Bertz CT molecular complexity index is 851. The topological polar surface area (TPSA) is 46.5 Å². The van der Waals surface area contributed by atoms with E-state index in [4.69, 9.17) is 4.74 Å².